The summed E-state index contributed by atoms with van der Waals surface area (Å²) in [5, 5.41) is 27.4. The van der Waals surface area contributed by atoms with Gasteiger partial charge in [0.1, 0.15) is 5.69 Å². The Morgan fingerprint density at radius 2 is 1.95 bits per heavy atom. The van der Waals surface area contributed by atoms with E-state index in [1.807, 2.05) is 19.9 Å². The summed E-state index contributed by atoms with van der Waals surface area (Å²) in [4.78, 5) is 20.5. The average Bonchev–Trinajstić information content (AvgIpc) is 2.38. The highest BCUT2D eigenvalue weighted by Crippen LogP contribution is 2.34. The molecule has 0 amide bonds. The molecule has 1 aliphatic heterocycles. The standard InChI is InChI=1S/C12H12N4O4/c1-8-5-9(2)14(13-7-8)11-4-3-10(15(17)18)6-12(11)16(19)20/h3-7,9H,1-2H3. The molecule has 0 aliphatic carbocycles. The first-order valence-corrected chi connectivity index (χ1v) is 5.84. The summed E-state index contributed by atoms with van der Waals surface area (Å²) in [6.45, 7) is 3.72. The van der Waals surface area contributed by atoms with Gasteiger partial charge in [0.2, 0.25) is 0 Å². The largest absolute Gasteiger partial charge is 0.301 e. The predicted octanol–water partition coefficient (Wildman–Crippen LogP) is 2.64. The van der Waals surface area contributed by atoms with Crippen molar-refractivity contribution in [3.8, 4) is 0 Å². The van der Waals surface area contributed by atoms with Crippen LogP contribution in [0.2, 0.25) is 0 Å². The van der Waals surface area contributed by atoms with Crippen LogP contribution in [0.25, 0.3) is 0 Å². The zero-order chi connectivity index (χ0) is 14.9. The zero-order valence-corrected chi connectivity index (χ0v) is 10.9. The van der Waals surface area contributed by atoms with E-state index in [4.69, 9.17) is 0 Å². The van der Waals surface area contributed by atoms with Crippen molar-refractivity contribution in [2.45, 2.75) is 19.9 Å². The van der Waals surface area contributed by atoms with E-state index in [0.29, 0.717) is 0 Å². The summed E-state index contributed by atoms with van der Waals surface area (Å²) in [5.41, 5.74) is 0.531. The first-order valence-electron chi connectivity index (χ1n) is 5.84. The molecule has 0 spiro atoms. The highest BCUT2D eigenvalue weighted by atomic mass is 16.6. The molecule has 0 saturated carbocycles. The molecule has 1 heterocycles. The maximum atomic E-state index is 11.1. The second-order valence-corrected chi connectivity index (χ2v) is 4.43. The molecule has 1 atom stereocenters. The third kappa shape index (κ3) is 2.48. The Balaban J connectivity index is 2.49. The summed E-state index contributed by atoms with van der Waals surface area (Å²) in [5.74, 6) is 0. The van der Waals surface area contributed by atoms with Crippen LogP contribution < -0.4 is 5.01 Å². The predicted molar refractivity (Wildman–Crippen MR) is 73.9 cm³/mol. The van der Waals surface area contributed by atoms with E-state index >= 15 is 0 Å². The highest BCUT2D eigenvalue weighted by molar-refractivity contribution is 5.81. The first kappa shape index (κ1) is 13.7. The molecular formula is C12H12N4O4. The molecule has 1 unspecified atom stereocenters. The van der Waals surface area contributed by atoms with Crippen LogP contribution in [0.3, 0.4) is 0 Å². The van der Waals surface area contributed by atoms with Crippen LogP contribution >= 0.6 is 0 Å². The van der Waals surface area contributed by atoms with Gasteiger partial charge in [-0.15, -0.1) is 0 Å². The number of hydrogen-bond acceptors (Lipinski definition) is 6. The summed E-state index contributed by atoms with van der Waals surface area (Å²) < 4.78 is 0. The summed E-state index contributed by atoms with van der Waals surface area (Å²) in [6, 6.07) is 3.36. The van der Waals surface area contributed by atoms with Gasteiger partial charge in [-0.1, -0.05) is 6.08 Å². The van der Waals surface area contributed by atoms with Gasteiger partial charge >= 0.3 is 5.69 Å². The molecule has 0 N–H and O–H groups in total. The number of nitrogens with zero attached hydrogens (tertiary/aromatic N) is 4. The molecule has 1 aromatic rings. The van der Waals surface area contributed by atoms with Crippen LogP contribution in [-0.2, 0) is 0 Å². The molecule has 8 heteroatoms. The summed E-state index contributed by atoms with van der Waals surface area (Å²) >= 11 is 0. The molecule has 104 valence electrons. The molecule has 8 nitrogen and oxygen atoms in total. The molecular weight excluding hydrogens is 264 g/mol. The van der Waals surface area contributed by atoms with Crippen molar-refractivity contribution >= 4 is 23.3 Å². The van der Waals surface area contributed by atoms with Crippen molar-refractivity contribution < 1.29 is 9.85 Å². The van der Waals surface area contributed by atoms with Gasteiger partial charge in [0, 0.05) is 6.07 Å². The van der Waals surface area contributed by atoms with Crippen LogP contribution in [0.1, 0.15) is 13.8 Å². The Hall–Kier alpha value is -2.77. The fourth-order valence-electron chi connectivity index (χ4n) is 2.00. The summed E-state index contributed by atoms with van der Waals surface area (Å²) in [6.07, 6.45) is 3.49. The van der Waals surface area contributed by atoms with Crippen molar-refractivity contribution in [2.24, 2.45) is 5.10 Å². The lowest BCUT2D eigenvalue weighted by atomic mass is 10.1. The molecule has 1 aromatic carbocycles. The van der Waals surface area contributed by atoms with Crippen molar-refractivity contribution in [1.82, 2.24) is 0 Å². The molecule has 0 bridgehead atoms. The Bertz CT molecular complexity index is 638. The molecule has 2 rings (SSSR count). The number of hydrazone groups is 1. The van der Waals surface area contributed by atoms with Gasteiger partial charge in [-0.2, -0.15) is 5.10 Å². The van der Waals surface area contributed by atoms with E-state index in [1.165, 1.54) is 17.1 Å². The van der Waals surface area contributed by atoms with Crippen molar-refractivity contribution in [3.63, 3.8) is 0 Å². The topological polar surface area (TPSA) is 102 Å². The van der Waals surface area contributed by atoms with E-state index in [9.17, 15) is 20.2 Å². The van der Waals surface area contributed by atoms with Crippen LogP contribution in [0.5, 0.6) is 0 Å². The number of non-ortho nitro benzene ring substituents is 1. The third-order valence-corrected chi connectivity index (χ3v) is 2.89. The Labute approximate surface area is 114 Å². The minimum atomic E-state index is -0.663. The maximum Gasteiger partial charge on any atom is 0.301 e. The second-order valence-electron chi connectivity index (χ2n) is 4.43. The van der Waals surface area contributed by atoms with Gasteiger partial charge in [0.15, 0.2) is 0 Å². The van der Waals surface area contributed by atoms with Gasteiger partial charge in [-0.25, -0.2) is 0 Å². The summed E-state index contributed by atoms with van der Waals surface area (Å²) in [7, 11) is 0. The highest BCUT2D eigenvalue weighted by Gasteiger charge is 2.26. The lowest BCUT2D eigenvalue weighted by Gasteiger charge is -2.26. The minimum absolute atomic E-state index is 0.167. The smallest absolute Gasteiger partial charge is 0.258 e. The fourth-order valence-corrected chi connectivity index (χ4v) is 2.00. The number of allylic oxidation sites excluding steroid dienone is 1. The van der Waals surface area contributed by atoms with Crippen molar-refractivity contribution in [1.29, 1.82) is 0 Å². The van der Waals surface area contributed by atoms with Gasteiger partial charge in [0.05, 0.1) is 28.2 Å². The van der Waals surface area contributed by atoms with E-state index in [0.717, 1.165) is 11.6 Å². The monoisotopic (exact) mass is 276 g/mol. The molecule has 1 aliphatic rings. The van der Waals surface area contributed by atoms with Crippen LogP contribution in [0.4, 0.5) is 17.1 Å². The molecule has 0 saturated heterocycles. The molecule has 0 fully saturated rings. The average molecular weight is 276 g/mol. The fraction of sp³-hybridized carbons (Fsp3) is 0.250. The number of rotatable bonds is 3. The lowest BCUT2D eigenvalue weighted by Crippen LogP contribution is -2.29. The zero-order valence-electron chi connectivity index (χ0n) is 10.9. The normalized spacial score (nSPS) is 17.8. The van der Waals surface area contributed by atoms with Gasteiger partial charge in [-0.3, -0.25) is 25.2 Å². The minimum Gasteiger partial charge on any atom is -0.258 e. The van der Waals surface area contributed by atoms with Gasteiger partial charge in [-0.05, 0) is 25.5 Å². The van der Waals surface area contributed by atoms with E-state index in [1.54, 1.807) is 6.21 Å². The number of benzene rings is 1. The Kier molecular flexibility index (Phi) is 3.47. The molecule has 20 heavy (non-hydrogen) atoms. The number of hydrogen-bond donors (Lipinski definition) is 0. The van der Waals surface area contributed by atoms with E-state index < -0.39 is 9.85 Å². The van der Waals surface area contributed by atoms with Crippen LogP contribution in [0, 0.1) is 20.2 Å². The number of nitro groups is 2. The number of nitro benzene ring substituents is 2. The molecule has 0 radical (unpaired) electrons. The van der Waals surface area contributed by atoms with E-state index in [2.05, 4.69) is 5.10 Å². The SMILES string of the molecule is CC1=CC(C)N(c2ccc([N+](=O)[O-])cc2[N+](=O)[O-])N=C1. The first-order chi connectivity index (χ1) is 9.40. The Morgan fingerprint density at radius 1 is 1.25 bits per heavy atom. The maximum absolute atomic E-state index is 11.1. The second kappa shape index (κ2) is 5.08. The lowest BCUT2D eigenvalue weighted by molar-refractivity contribution is -0.393. The Morgan fingerprint density at radius 3 is 2.50 bits per heavy atom. The van der Waals surface area contributed by atoms with Crippen molar-refractivity contribution in [3.05, 3.63) is 50.1 Å². The number of anilines is 1. The van der Waals surface area contributed by atoms with Crippen LogP contribution in [-0.4, -0.2) is 22.1 Å². The van der Waals surface area contributed by atoms with Gasteiger partial charge in [0.25, 0.3) is 5.69 Å². The van der Waals surface area contributed by atoms with E-state index in [-0.39, 0.29) is 23.1 Å². The van der Waals surface area contributed by atoms with Crippen LogP contribution in [0.15, 0.2) is 34.9 Å². The van der Waals surface area contributed by atoms with Gasteiger partial charge < -0.3 is 0 Å². The third-order valence-electron chi connectivity index (χ3n) is 2.89. The molecule has 0 aromatic heterocycles. The van der Waals surface area contributed by atoms with Crippen molar-refractivity contribution in [2.75, 3.05) is 5.01 Å². The quantitative estimate of drug-likeness (QED) is 0.623.